The summed E-state index contributed by atoms with van der Waals surface area (Å²) >= 11 is 0. The van der Waals surface area contributed by atoms with Crippen LogP contribution in [0.1, 0.15) is 31.7 Å². The maximum Gasteiger partial charge on any atom is 0.373 e. The predicted molar refractivity (Wildman–Crippen MR) is 83.4 cm³/mol. The molecule has 0 amide bonds. The fraction of sp³-hybridized carbons (Fsp3) is 0.500. The summed E-state index contributed by atoms with van der Waals surface area (Å²) in [6, 6.07) is 9.95. The van der Waals surface area contributed by atoms with E-state index in [9.17, 15) is 4.79 Å². The van der Waals surface area contributed by atoms with Crippen molar-refractivity contribution >= 4 is 5.97 Å². The second-order valence-corrected chi connectivity index (χ2v) is 5.76. The molecule has 1 fully saturated rings. The minimum absolute atomic E-state index is 0.193. The van der Waals surface area contributed by atoms with Gasteiger partial charge in [0.2, 0.25) is 11.5 Å². The highest BCUT2D eigenvalue weighted by Gasteiger charge is 2.44. The van der Waals surface area contributed by atoms with Crippen LogP contribution in [-0.2, 0) is 30.3 Å². The Labute approximate surface area is 136 Å². The van der Waals surface area contributed by atoms with Crippen LogP contribution in [-0.4, -0.2) is 31.1 Å². The molecule has 2 atom stereocenters. The number of esters is 1. The smallest absolute Gasteiger partial charge is 0.373 e. The zero-order valence-corrected chi connectivity index (χ0v) is 13.3. The number of ether oxygens (including phenoxy) is 4. The van der Waals surface area contributed by atoms with Crippen LogP contribution in [0.25, 0.3) is 0 Å². The van der Waals surface area contributed by atoms with E-state index in [0.29, 0.717) is 26.2 Å². The molecule has 23 heavy (non-hydrogen) atoms. The predicted octanol–water partition coefficient (Wildman–Crippen LogP) is 2.95. The minimum atomic E-state index is -0.752. The molecule has 0 aromatic heterocycles. The van der Waals surface area contributed by atoms with Gasteiger partial charge in [0.25, 0.3) is 0 Å². The summed E-state index contributed by atoms with van der Waals surface area (Å²) in [7, 11) is 0. The van der Waals surface area contributed by atoms with Crippen molar-refractivity contribution in [3.63, 3.8) is 0 Å². The average Bonchev–Trinajstić information content (AvgIpc) is 3.01. The number of rotatable bonds is 5. The van der Waals surface area contributed by atoms with Gasteiger partial charge in [0.1, 0.15) is 0 Å². The van der Waals surface area contributed by atoms with Crippen molar-refractivity contribution in [2.45, 2.75) is 44.7 Å². The second-order valence-electron chi connectivity index (χ2n) is 5.76. The van der Waals surface area contributed by atoms with Gasteiger partial charge in [-0.15, -0.1) is 0 Å². The highest BCUT2D eigenvalue weighted by Crippen LogP contribution is 2.38. The molecule has 1 spiro atoms. The van der Waals surface area contributed by atoms with Crippen molar-refractivity contribution < 1.29 is 23.7 Å². The van der Waals surface area contributed by atoms with Crippen molar-refractivity contribution in [2.24, 2.45) is 0 Å². The minimum Gasteiger partial charge on any atom is -0.460 e. The Morgan fingerprint density at radius 2 is 2.17 bits per heavy atom. The number of benzene rings is 1. The van der Waals surface area contributed by atoms with Crippen LogP contribution in [0.5, 0.6) is 0 Å². The molecular weight excluding hydrogens is 296 g/mol. The monoisotopic (exact) mass is 318 g/mol. The molecule has 2 aliphatic rings. The molecule has 0 saturated carbocycles. The Hall–Kier alpha value is -1.85. The Morgan fingerprint density at radius 3 is 2.87 bits per heavy atom. The first-order valence-corrected chi connectivity index (χ1v) is 8.08. The first kappa shape index (κ1) is 16.0. The molecule has 5 nitrogen and oxygen atoms in total. The number of carbonyl (C=O) groups excluding carboxylic acids is 1. The lowest BCUT2D eigenvalue weighted by Gasteiger charge is -2.36. The normalized spacial score (nSPS) is 26.7. The molecule has 1 aromatic carbocycles. The van der Waals surface area contributed by atoms with Gasteiger partial charge in [-0.1, -0.05) is 30.3 Å². The van der Waals surface area contributed by atoms with E-state index in [-0.39, 0.29) is 11.9 Å². The fourth-order valence-corrected chi connectivity index (χ4v) is 2.92. The van der Waals surface area contributed by atoms with Gasteiger partial charge in [-0.2, -0.15) is 0 Å². The van der Waals surface area contributed by atoms with Crippen LogP contribution in [0.2, 0.25) is 0 Å². The van der Waals surface area contributed by atoms with Gasteiger partial charge in [0.05, 0.1) is 25.9 Å². The van der Waals surface area contributed by atoms with Gasteiger partial charge < -0.3 is 18.9 Å². The summed E-state index contributed by atoms with van der Waals surface area (Å²) in [4.78, 5) is 12.0. The lowest BCUT2D eigenvalue weighted by Crippen LogP contribution is -2.41. The van der Waals surface area contributed by atoms with E-state index in [1.54, 1.807) is 13.0 Å². The molecule has 0 radical (unpaired) electrons. The molecule has 0 bridgehead atoms. The zero-order chi connectivity index (χ0) is 16.1. The summed E-state index contributed by atoms with van der Waals surface area (Å²) in [6.45, 7) is 3.20. The van der Waals surface area contributed by atoms with E-state index < -0.39 is 11.8 Å². The highest BCUT2D eigenvalue weighted by molar-refractivity contribution is 5.86. The van der Waals surface area contributed by atoms with Crippen LogP contribution < -0.4 is 0 Å². The molecule has 1 aromatic rings. The van der Waals surface area contributed by atoms with Crippen LogP contribution in [0.3, 0.4) is 0 Å². The van der Waals surface area contributed by atoms with Gasteiger partial charge in [-0.25, -0.2) is 4.79 Å². The molecule has 2 heterocycles. The first-order chi connectivity index (χ1) is 11.2. The zero-order valence-electron chi connectivity index (χ0n) is 13.3. The van der Waals surface area contributed by atoms with Crippen molar-refractivity contribution in [3.05, 3.63) is 47.7 Å². The molecule has 0 unspecified atom stereocenters. The third-order valence-electron chi connectivity index (χ3n) is 4.00. The lowest BCUT2D eigenvalue weighted by molar-refractivity contribution is -0.218. The standard InChI is InChI=1S/C18H22O5/c1-2-20-17(19)16-11-15(12-18(23-16)9-6-10-22-18)21-13-14-7-4-3-5-8-14/h3-5,7-8,11,15H,2,6,9-10,12-13H2,1H3/t15-,18-/m0/s1. The van der Waals surface area contributed by atoms with E-state index in [1.165, 1.54) is 0 Å². The molecule has 3 rings (SSSR count). The van der Waals surface area contributed by atoms with Crippen LogP contribution in [0, 0.1) is 0 Å². The topological polar surface area (TPSA) is 54.0 Å². The lowest BCUT2D eigenvalue weighted by atomic mass is 10.0. The van der Waals surface area contributed by atoms with Gasteiger partial charge >= 0.3 is 5.97 Å². The molecule has 5 heteroatoms. The van der Waals surface area contributed by atoms with E-state index in [0.717, 1.165) is 18.4 Å². The number of hydrogen-bond donors (Lipinski definition) is 0. The third-order valence-corrected chi connectivity index (χ3v) is 4.00. The molecule has 124 valence electrons. The molecular formula is C18H22O5. The van der Waals surface area contributed by atoms with Crippen molar-refractivity contribution in [3.8, 4) is 0 Å². The van der Waals surface area contributed by atoms with Crippen LogP contribution >= 0.6 is 0 Å². The molecule has 0 aliphatic carbocycles. The summed E-state index contributed by atoms with van der Waals surface area (Å²) in [5.41, 5.74) is 1.09. The highest BCUT2D eigenvalue weighted by atomic mass is 16.7. The van der Waals surface area contributed by atoms with Crippen molar-refractivity contribution in [1.82, 2.24) is 0 Å². The Morgan fingerprint density at radius 1 is 1.35 bits per heavy atom. The SMILES string of the molecule is CCOC(=O)C1=C[C@H](OCc2ccccc2)C[C@]2(CCCO2)O1. The molecule has 1 saturated heterocycles. The Bertz CT molecular complexity index is 560. The quantitative estimate of drug-likeness (QED) is 0.781. The van der Waals surface area contributed by atoms with Crippen LogP contribution in [0.4, 0.5) is 0 Å². The number of hydrogen-bond acceptors (Lipinski definition) is 5. The van der Waals surface area contributed by atoms with Gasteiger partial charge in [-0.05, 0) is 25.0 Å². The van der Waals surface area contributed by atoms with E-state index in [2.05, 4.69) is 0 Å². The van der Waals surface area contributed by atoms with Gasteiger partial charge in [0.15, 0.2) is 0 Å². The summed E-state index contributed by atoms with van der Waals surface area (Å²) in [5.74, 6) is -1.02. The third kappa shape index (κ3) is 3.92. The Balaban J connectivity index is 1.71. The largest absolute Gasteiger partial charge is 0.460 e. The average molecular weight is 318 g/mol. The van der Waals surface area contributed by atoms with E-state index in [1.807, 2.05) is 30.3 Å². The van der Waals surface area contributed by atoms with E-state index >= 15 is 0 Å². The van der Waals surface area contributed by atoms with Crippen molar-refractivity contribution in [1.29, 1.82) is 0 Å². The summed E-state index contributed by atoms with van der Waals surface area (Å²) in [6.07, 6.45) is 3.73. The fourth-order valence-electron chi connectivity index (χ4n) is 2.92. The summed E-state index contributed by atoms with van der Waals surface area (Å²) < 4.78 is 22.6. The maximum atomic E-state index is 12.0. The summed E-state index contributed by atoms with van der Waals surface area (Å²) in [5, 5.41) is 0. The molecule has 0 N–H and O–H groups in total. The second kappa shape index (κ2) is 7.15. The molecule has 2 aliphatic heterocycles. The van der Waals surface area contributed by atoms with Gasteiger partial charge in [0, 0.05) is 12.8 Å². The first-order valence-electron chi connectivity index (χ1n) is 8.08. The Kier molecular flexibility index (Phi) is 4.98. The van der Waals surface area contributed by atoms with E-state index in [4.69, 9.17) is 18.9 Å². The van der Waals surface area contributed by atoms with Crippen LogP contribution in [0.15, 0.2) is 42.2 Å². The number of carbonyl (C=O) groups is 1. The maximum absolute atomic E-state index is 12.0. The van der Waals surface area contributed by atoms with Gasteiger partial charge in [-0.3, -0.25) is 0 Å². The van der Waals surface area contributed by atoms with Crippen molar-refractivity contribution in [2.75, 3.05) is 13.2 Å².